The summed E-state index contributed by atoms with van der Waals surface area (Å²) < 4.78 is 11.3. The molecule has 100 valence electrons. The summed E-state index contributed by atoms with van der Waals surface area (Å²) in [6, 6.07) is 6.21. The molecule has 1 aromatic rings. The fourth-order valence-corrected chi connectivity index (χ4v) is 1.95. The van der Waals surface area contributed by atoms with E-state index in [1.165, 1.54) is 5.56 Å². The highest BCUT2D eigenvalue weighted by molar-refractivity contribution is 5.43. The van der Waals surface area contributed by atoms with Gasteiger partial charge in [-0.3, -0.25) is 0 Å². The van der Waals surface area contributed by atoms with E-state index in [-0.39, 0.29) is 0 Å². The normalized spacial score (nSPS) is 14.3. The summed E-state index contributed by atoms with van der Waals surface area (Å²) in [7, 11) is 0. The smallest absolute Gasteiger partial charge is 0.161 e. The largest absolute Gasteiger partial charge is 0.490 e. The van der Waals surface area contributed by atoms with Crippen LogP contribution in [0.15, 0.2) is 18.2 Å². The highest BCUT2D eigenvalue weighted by Gasteiger charge is 2.10. The maximum absolute atomic E-state index is 5.67. The average molecular weight is 250 g/mol. The zero-order valence-electron chi connectivity index (χ0n) is 10.8. The highest BCUT2D eigenvalue weighted by Crippen LogP contribution is 2.30. The lowest BCUT2D eigenvalue weighted by molar-refractivity contribution is 0.297. The molecule has 4 nitrogen and oxygen atoms in total. The highest BCUT2D eigenvalue weighted by atomic mass is 16.5. The Morgan fingerprint density at radius 2 is 1.94 bits per heavy atom. The quantitative estimate of drug-likeness (QED) is 0.748. The van der Waals surface area contributed by atoms with Gasteiger partial charge < -0.3 is 20.5 Å². The summed E-state index contributed by atoms with van der Waals surface area (Å²) in [4.78, 5) is 0. The van der Waals surface area contributed by atoms with E-state index in [9.17, 15) is 0 Å². The lowest BCUT2D eigenvalue weighted by atomic mass is 10.1. The van der Waals surface area contributed by atoms with Crippen LogP contribution < -0.4 is 20.5 Å². The van der Waals surface area contributed by atoms with Crippen LogP contribution in [0.5, 0.6) is 11.5 Å². The van der Waals surface area contributed by atoms with Crippen molar-refractivity contribution < 1.29 is 9.47 Å². The first-order valence-corrected chi connectivity index (χ1v) is 6.69. The SMILES string of the molecule is NCCCNCCc1ccc2c(c1)OCCCO2. The van der Waals surface area contributed by atoms with Gasteiger partial charge >= 0.3 is 0 Å². The molecule has 0 aromatic heterocycles. The topological polar surface area (TPSA) is 56.5 Å². The molecule has 1 aliphatic heterocycles. The first kappa shape index (κ1) is 13.2. The Balaban J connectivity index is 1.84. The molecule has 0 fully saturated rings. The number of benzene rings is 1. The zero-order chi connectivity index (χ0) is 12.6. The number of hydrogen-bond donors (Lipinski definition) is 2. The van der Waals surface area contributed by atoms with E-state index in [2.05, 4.69) is 17.4 Å². The van der Waals surface area contributed by atoms with Crippen molar-refractivity contribution in [2.24, 2.45) is 5.73 Å². The van der Waals surface area contributed by atoms with Crippen LogP contribution in [0.1, 0.15) is 18.4 Å². The van der Waals surface area contributed by atoms with Crippen LogP contribution in [-0.2, 0) is 6.42 Å². The zero-order valence-corrected chi connectivity index (χ0v) is 10.8. The van der Waals surface area contributed by atoms with Crippen LogP contribution in [-0.4, -0.2) is 32.8 Å². The predicted molar refractivity (Wildman–Crippen MR) is 72.3 cm³/mol. The van der Waals surface area contributed by atoms with Gasteiger partial charge in [-0.1, -0.05) is 6.07 Å². The van der Waals surface area contributed by atoms with Crippen molar-refractivity contribution in [1.29, 1.82) is 0 Å². The summed E-state index contributed by atoms with van der Waals surface area (Å²) in [6.07, 6.45) is 2.98. The minimum Gasteiger partial charge on any atom is -0.490 e. The standard InChI is InChI=1S/C14H22N2O2/c15-6-1-7-16-8-5-12-3-4-13-14(11-12)18-10-2-9-17-13/h3-4,11,16H,1-2,5-10,15H2. The van der Waals surface area contributed by atoms with Gasteiger partial charge in [-0.05, 0) is 50.2 Å². The molecule has 0 atom stereocenters. The first-order valence-electron chi connectivity index (χ1n) is 6.69. The number of hydrogen-bond acceptors (Lipinski definition) is 4. The second kappa shape index (κ2) is 7.24. The van der Waals surface area contributed by atoms with Gasteiger partial charge in [0, 0.05) is 6.42 Å². The maximum atomic E-state index is 5.67. The lowest BCUT2D eigenvalue weighted by Gasteiger charge is -2.09. The number of ether oxygens (including phenoxy) is 2. The molecule has 18 heavy (non-hydrogen) atoms. The molecule has 1 aliphatic rings. The second-order valence-corrected chi connectivity index (χ2v) is 4.47. The molecule has 0 saturated carbocycles. The average Bonchev–Trinajstić information content (AvgIpc) is 2.63. The van der Waals surface area contributed by atoms with Gasteiger partial charge in [0.25, 0.3) is 0 Å². The molecule has 3 N–H and O–H groups in total. The van der Waals surface area contributed by atoms with Crippen molar-refractivity contribution in [1.82, 2.24) is 5.32 Å². The summed E-state index contributed by atoms with van der Waals surface area (Å²) in [6.45, 7) is 4.19. The number of nitrogens with one attached hydrogen (secondary N) is 1. The van der Waals surface area contributed by atoms with Crippen molar-refractivity contribution >= 4 is 0 Å². The molecule has 0 radical (unpaired) electrons. The molecule has 0 bridgehead atoms. The third-order valence-electron chi connectivity index (χ3n) is 2.96. The molecule has 1 aromatic carbocycles. The van der Waals surface area contributed by atoms with Crippen LogP contribution in [0.25, 0.3) is 0 Å². The monoisotopic (exact) mass is 250 g/mol. The minimum atomic E-state index is 0.741. The van der Waals surface area contributed by atoms with Gasteiger partial charge in [0.2, 0.25) is 0 Å². The molecule has 1 heterocycles. The Morgan fingerprint density at radius 1 is 1.11 bits per heavy atom. The molecule has 0 saturated heterocycles. The van der Waals surface area contributed by atoms with E-state index in [0.29, 0.717) is 0 Å². The number of nitrogens with two attached hydrogens (primary N) is 1. The second-order valence-electron chi connectivity index (χ2n) is 4.47. The van der Waals surface area contributed by atoms with E-state index < -0.39 is 0 Å². The summed E-state index contributed by atoms with van der Waals surface area (Å²) >= 11 is 0. The number of rotatable bonds is 6. The lowest BCUT2D eigenvalue weighted by Crippen LogP contribution is -2.20. The van der Waals surface area contributed by atoms with Gasteiger partial charge in [-0.15, -0.1) is 0 Å². The van der Waals surface area contributed by atoms with Crippen LogP contribution in [0.3, 0.4) is 0 Å². The van der Waals surface area contributed by atoms with Gasteiger partial charge in [0.1, 0.15) is 0 Å². The van der Waals surface area contributed by atoms with Gasteiger partial charge in [0.05, 0.1) is 13.2 Å². The van der Waals surface area contributed by atoms with Crippen LogP contribution >= 0.6 is 0 Å². The molecular weight excluding hydrogens is 228 g/mol. The van der Waals surface area contributed by atoms with Gasteiger partial charge in [0.15, 0.2) is 11.5 Å². The van der Waals surface area contributed by atoms with E-state index in [1.54, 1.807) is 0 Å². The molecule has 0 amide bonds. The predicted octanol–water partition coefficient (Wildman–Crippen LogP) is 1.33. The van der Waals surface area contributed by atoms with Gasteiger partial charge in [-0.2, -0.15) is 0 Å². The minimum absolute atomic E-state index is 0.741. The third-order valence-corrected chi connectivity index (χ3v) is 2.96. The summed E-state index contributed by atoms with van der Waals surface area (Å²) in [5.41, 5.74) is 6.72. The fraction of sp³-hybridized carbons (Fsp3) is 0.571. The first-order chi connectivity index (χ1) is 8.90. The fourth-order valence-electron chi connectivity index (χ4n) is 1.95. The van der Waals surface area contributed by atoms with Crippen molar-refractivity contribution in [3.05, 3.63) is 23.8 Å². The Hall–Kier alpha value is -1.26. The molecular formula is C14H22N2O2. The van der Waals surface area contributed by atoms with E-state index >= 15 is 0 Å². The van der Waals surface area contributed by atoms with Gasteiger partial charge in [-0.25, -0.2) is 0 Å². The Morgan fingerprint density at radius 3 is 2.78 bits per heavy atom. The van der Waals surface area contributed by atoms with Crippen molar-refractivity contribution in [2.75, 3.05) is 32.8 Å². The maximum Gasteiger partial charge on any atom is 0.161 e. The van der Waals surface area contributed by atoms with E-state index in [4.69, 9.17) is 15.2 Å². The van der Waals surface area contributed by atoms with Crippen molar-refractivity contribution in [2.45, 2.75) is 19.3 Å². The van der Waals surface area contributed by atoms with Crippen LogP contribution in [0, 0.1) is 0 Å². The molecule has 2 rings (SSSR count). The van der Waals surface area contributed by atoms with E-state index in [0.717, 1.165) is 63.6 Å². The Bertz CT molecular complexity index is 369. The summed E-state index contributed by atoms with van der Waals surface area (Å²) in [5, 5.41) is 3.38. The van der Waals surface area contributed by atoms with Crippen molar-refractivity contribution in [3.8, 4) is 11.5 Å². The third kappa shape index (κ3) is 3.89. The number of fused-ring (bicyclic) bond motifs is 1. The molecule has 4 heteroatoms. The molecule has 0 unspecified atom stereocenters. The van der Waals surface area contributed by atoms with E-state index in [1.807, 2.05) is 6.07 Å². The van der Waals surface area contributed by atoms with Crippen LogP contribution in [0.4, 0.5) is 0 Å². The molecule has 0 spiro atoms. The molecule has 0 aliphatic carbocycles. The Labute approximate surface area is 108 Å². The van der Waals surface area contributed by atoms with Crippen LogP contribution in [0.2, 0.25) is 0 Å². The Kier molecular flexibility index (Phi) is 5.30. The summed E-state index contributed by atoms with van der Waals surface area (Å²) in [5.74, 6) is 1.75. The van der Waals surface area contributed by atoms with Crippen molar-refractivity contribution in [3.63, 3.8) is 0 Å².